The fourth-order valence-corrected chi connectivity index (χ4v) is 3.08. The van der Waals surface area contributed by atoms with E-state index in [1.807, 2.05) is 18.2 Å². The Morgan fingerprint density at radius 3 is 2.77 bits per heavy atom. The summed E-state index contributed by atoms with van der Waals surface area (Å²) >= 11 is 0. The molecule has 5 nitrogen and oxygen atoms in total. The molecule has 0 spiro atoms. The third-order valence-electron chi connectivity index (χ3n) is 4.35. The SMILES string of the molecule is CCNC(=NCc1ccccc1)NCc1cc2c(cc1OC)CC(C)O2. The van der Waals surface area contributed by atoms with Gasteiger partial charge in [-0.05, 0) is 31.5 Å². The molecule has 138 valence electrons. The van der Waals surface area contributed by atoms with Crippen LogP contribution in [0.25, 0.3) is 0 Å². The van der Waals surface area contributed by atoms with E-state index in [2.05, 4.69) is 53.7 Å². The van der Waals surface area contributed by atoms with Crippen LogP contribution in [0.1, 0.15) is 30.5 Å². The number of rotatable bonds is 6. The summed E-state index contributed by atoms with van der Waals surface area (Å²) in [5.74, 6) is 2.63. The van der Waals surface area contributed by atoms with Crippen molar-refractivity contribution in [2.75, 3.05) is 13.7 Å². The average molecular weight is 353 g/mol. The summed E-state index contributed by atoms with van der Waals surface area (Å²) in [6, 6.07) is 14.4. The zero-order valence-corrected chi connectivity index (χ0v) is 15.7. The van der Waals surface area contributed by atoms with Crippen LogP contribution in [0.4, 0.5) is 0 Å². The number of hydrogen-bond donors (Lipinski definition) is 2. The molecule has 0 aliphatic carbocycles. The molecule has 2 aromatic rings. The fraction of sp³-hybridized carbons (Fsp3) is 0.381. The van der Waals surface area contributed by atoms with Gasteiger partial charge in [-0.3, -0.25) is 0 Å². The van der Waals surface area contributed by atoms with Crippen molar-refractivity contribution in [3.63, 3.8) is 0 Å². The van der Waals surface area contributed by atoms with Crippen LogP contribution in [0.2, 0.25) is 0 Å². The quantitative estimate of drug-likeness (QED) is 0.618. The highest BCUT2D eigenvalue weighted by Crippen LogP contribution is 2.34. The lowest BCUT2D eigenvalue weighted by Gasteiger charge is -2.15. The first-order valence-electron chi connectivity index (χ1n) is 9.12. The van der Waals surface area contributed by atoms with Crippen molar-refractivity contribution in [1.82, 2.24) is 10.6 Å². The lowest BCUT2D eigenvalue weighted by Crippen LogP contribution is -2.36. The summed E-state index contributed by atoms with van der Waals surface area (Å²) in [5.41, 5.74) is 3.45. The minimum atomic E-state index is 0.225. The number of guanidine groups is 1. The lowest BCUT2D eigenvalue weighted by molar-refractivity contribution is 0.254. The Balaban J connectivity index is 1.70. The molecular formula is C21H27N3O2. The number of fused-ring (bicyclic) bond motifs is 1. The van der Waals surface area contributed by atoms with Crippen molar-refractivity contribution in [3.05, 3.63) is 59.2 Å². The highest BCUT2D eigenvalue weighted by molar-refractivity contribution is 5.79. The molecule has 3 rings (SSSR count). The molecule has 1 atom stereocenters. The molecule has 5 heteroatoms. The molecule has 26 heavy (non-hydrogen) atoms. The molecule has 0 saturated heterocycles. The molecular weight excluding hydrogens is 326 g/mol. The van der Waals surface area contributed by atoms with Gasteiger partial charge in [0.25, 0.3) is 0 Å². The van der Waals surface area contributed by atoms with Crippen LogP contribution >= 0.6 is 0 Å². The van der Waals surface area contributed by atoms with Gasteiger partial charge >= 0.3 is 0 Å². The summed E-state index contributed by atoms with van der Waals surface area (Å²) < 4.78 is 11.4. The average Bonchev–Trinajstić information content (AvgIpc) is 3.02. The van der Waals surface area contributed by atoms with E-state index in [4.69, 9.17) is 9.47 Å². The van der Waals surface area contributed by atoms with Crippen molar-refractivity contribution < 1.29 is 9.47 Å². The van der Waals surface area contributed by atoms with Gasteiger partial charge in [-0.25, -0.2) is 4.99 Å². The van der Waals surface area contributed by atoms with E-state index in [0.717, 1.165) is 36.0 Å². The van der Waals surface area contributed by atoms with E-state index in [0.29, 0.717) is 13.1 Å². The van der Waals surface area contributed by atoms with Gasteiger partial charge in [-0.2, -0.15) is 0 Å². The van der Waals surface area contributed by atoms with Gasteiger partial charge in [0, 0.05) is 30.6 Å². The predicted molar refractivity (Wildman–Crippen MR) is 105 cm³/mol. The molecule has 1 aliphatic rings. The van der Waals surface area contributed by atoms with Crippen molar-refractivity contribution in [2.45, 2.75) is 39.5 Å². The number of aliphatic imine (C=N–C) groups is 1. The van der Waals surface area contributed by atoms with Crippen molar-refractivity contribution in [3.8, 4) is 11.5 Å². The standard InChI is InChI=1S/C21H27N3O2/c1-4-22-21(23-13-16-8-6-5-7-9-16)24-14-18-12-20-17(10-15(2)26-20)11-19(18)25-3/h5-9,11-12,15H,4,10,13-14H2,1-3H3,(H2,22,23,24). The smallest absolute Gasteiger partial charge is 0.191 e. The zero-order chi connectivity index (χ0) is 18.4. The topological polar surface area (TPSA) is 54.9 Å². The zero-order valence-electron chi connectivity index (χ0n) is 15.7. The number of nitrogens with zero attached hydrogens (tertiary/aromatic N) is 1. The molecule has 0 saturated carbocycles. The van der Waals surface area contributed by atoms with Gasteiger partial charge in [-0.15, -0.1) is 0 Å². The van der Waals surface area contributed by atoms with Crippen LogP contribution in [0, 0.1) is 0 Å². The predicted octanol–water partition coefficient (Wildman–Crippen LogP) is 3.27. The van der Waals surface area contributed by atoms with Crippen molar-refractivity contribution >= 4 is 5.96 Å². The van der Waals surface area contributed by atoms with Crippen LogP contribution in [0.3, 0.4) is 0 Å². The summed E-state index contributed by atoms with van der Waals surface area (Å²) in [6.07, 6.45) is 1.16. The number of hydrogen-bond acceptors (Lipinski definition) is 3. The number of benzene rings is 2. The van der Waals surface area contributed by atoms with E-state index in [1.54, 1.807) is 7.11 Å². The molecule has 2 N–H and O–H groups in total. The maximum absolute atomic E-state index is 5.88. The van der Waals surface area contributed by atoms with E-state index in [1.165, 1.54) is 11.1 Å². The Hall–Kier alpha value is -2.69. The first-order valence-corrected chi connectivity index (χ1v) is 9.12. The van der Waals surface area contributed by atoms with Crippen LogP contribution in [0.5, 0.6) is 11.5 Å². The highest BCUT2D eigenvalue weighted by atomic mass is 16.5. The Morgan fingerprint density at radius 1 is 1.23 bits per heavy atom. The van der Waals surface area contributed by atoms with Crippen LogP contribution in [-0.2, 0) is 19.5 Å². The molecule has 0 aromatic heterocycles. The lowest BCUT2D eigenvalue weighted by atomic mass is 10.1. The third-order valence-corrected chi connectivity index (χ3v) is 4.35. The molecule has 1 unspecified atom stereocenters. The monoisotopic (exact) mass is 353 g/mol. The van der Waals surface area contributed by atoms with E-state index in [-0.39, 0.29) is 6.10 Å². The summed E-state index contributed by atoms with van der Waals surface area (Å²) in [7, 11) is 1.71. The van der Waals surface area contributed by atoms with E-state index >= 15 is 0 Å². The van der Waals surface area contributed by atoms with Gasteiger partial charge in [0.05, 0.1) is 13.7 Å². The molecule has 2 aromatic carbocycles. The Bertz CT molecular complexity index is 759. The van der Waals surface area contributed by atoms with Crippen LogP contribution < -0.4 is 20.1 Å². The molecule has 0 amide bonds. The maximum Gasteiger partial charge on any atom is 0.191 e. The second-order valence-corrected chi connectivity index (χ2v) is 6.44. The first kappa shape index (κ1) is 18.1. The number of methoxy groups -OCH3 is 1. The minimum Gasteiger partial charge on any atom is -0.496 e. The first-order chi connectivity index (χ1) is 12.7. The molecule has 0 fully saturated rings. The third kappa shape index (κ3) is 4.48. The van der Waals surface area contributed by atoms with Gasteiger partial charge in [0.1, 0.15) is 17.6 Å². The Labute approximate surface area is 155 Å². The van der Waals surface area contributed by atoms with Crippen molar-refractivity contribution in [1.29, 1.82) is 0 Å². The Morgan fingerprint density at radius 2 is 2.04 bits per heavy atom. The highest BCUT2D eigenvalue weighted by Gasteiger charge is 2.21. The van der Waals surface area contributed by atoms with E-state index < -0.39 is 0 Å². The fourth-order valence-electron chi connectivity index (χ4n) is 3.08. The second-order valence-electron chi connectivity index (χ2n) is 6.44. The van der Waals surface area contributed by atoms with E-state index in [9.17, 15) is 0 Å². The maximum atomic E-state index is 5.88. The molecule has 1 heterocycles. The summed E-state index contributed by atoms with van der Waals surface area (Å²) in [6.45, 7) is 6.21. The van der Waals surface area contributed by atoms with Crippen LogP contribution in [0.15, 0.2) is 47.5 Å². The summed E-state index contributed by atoms with van der Waals surface area (Å²) in [4.78, 5) is 4.66. The molecule has 1 aliphatic heterocycles. The number of ether oxygens (including phenoxy) is 2. The molecule has 0 radical (unpaired) electrons. The van der Waals surface area contributed by atoms with Crippen LogP contribution in [-0.4, -0.2) is 25.7 Å². The Kier molecular flexibility index (Phi) is 6.00. The van der Waals surface area contributed by atoms with Gasteiger partial charge in [0.15, 0.2) is 5.96 Å². The largest absolute Gasteiger partial charge is 0.496 e. The van der Waals surface area contributed by atoms with Gasteiger partial charge in [-0.1, -0.05) is 30.3 Å². The van der Waals surface area contributed by atoms with Crippen molar-refractivity contribution in [2.24, 2.45) is 4.99 Å². The van der Waals surface area contributed by atoms with Gasteiger partial charge in [0.2, 0.25) is 0 Å². The summed E-state index contributed by atoms with van der Waals surface area (Å²) in [5, 5.41) is 6.67. The number of nitrogens with one attached hydrogen (secondary N) is 2. The molecule has 0 bridgehead atoms. The normalized spacial score (nSPS) is 16.0. The second kappa shape index (κ2) is 8.61. The van der Waals surface area contributed by atoms with Gasteiger partial charge < -0.3 is 20.1 Å². The minimum absolute atomic E-state index is 0.225.